The van der Waals surface area contributed by atoms with Crippen LogP contribution in [0.2, 0.25) is 0 Å². The Morgan fingerprint density at radius 1 is 0.964 bits per heavy atom. The normalized spacial score (nSPS) is 10.8. The number of nitrogens with zero attached hydrogens (tertiary/aromatic N) is 5. The highest BCUT2D eigenvalue weighted by atomic mass is 16.5. The fraction of sp³-hybridized carbons (Fsp3) is 0.143. The summed E-state index contributed by atoms with van der Waals surface area (Å²) in [6.45, 7) is 2.23. The molecule has 28 heavy (non-hydrogen) atoms. The predicted molar refractivity (Wildman–Crippen MR) is 105 cm³/mol. The molecule has 0 N–H and O–H groups in total. The van der Waals surface area contributed by atoms with Crippen molar-refractivity contribution in [2.45, 2.75) is 13.5 Å². The Kier molecular flexibility index (Phi) is 4.72. The summed E-state index contributed by atoms with van der Waals surface area (Å²) in [5.74, 6) is 0.516. The second-order valence-corrected chi connectivity index (χ2v) is 6.41. The molecule has 2 aromatic heterocycles. The van der Waals surface area contributed by atoms with Crippen LogP contribution < -0.4 is 10.4 Å². The maximum atomic E-state index is 12.3. The Hall–Kier alpha value is -3.74. The number of benzene rings is 2. The smallest absolute Gasteiger partial charge is 0.368 e. The van der Waals surface area contributed by atoms with E-state index in [1.807, 2.05) is 67.6 Å². The van der Waals surface area contributed by atoms with E-state index in [1.165, 1.54) is 9.36 Å². The fourth-order valence-electron chi connectivity index (χ4n) is 2.98. The highest BCUT2D eigenvalue weighted by Gasteiger charge is 2.14. The fourth-order valence-corrected chi connectivity index (χ4v) is 2.98. The lowest BCUT2D eigenvalue weighted by Gasteiger charge is -2.13. The zero-order valence-electron chi connectivity index (χ0n) is 15.6. The van der Waals surface area contributed by atoms with Crippen molar-refractivity contribution in [3.8, 4) is 22.7 Å². The van der Waals surface area contributed by atoms with E-state index in [0.29, 0.717) is 11.6 Å². The summed E-state index contributed by atoms with van der Waals surface area (Å²) in [7, 11) is 1.57. The molecule has 7 heteroatoms. The van der Waals surface area contributed by atoms with Gasteiger partial charge in [-0.2, -0.15) is 9.36 Å². The van der Waals surface area contributed by atoms with Crippen LogP contribution in [0, 0.1) is 6.92 Å². The maximum absolute atomic E-state index is 12.3. The lowest BCUT2D eigenvalue weighted by atomic mass is 10.1. The molecule has 0 spiro atoms. The summed E-state index contributed by atoms with van der Waals surface area (Å²) in [6.07, 6.45) is 1.73. The molecule has 140 valence electrons. The summed E-state index contributed by atoms with van der Waals surface area (Å²) in [5, 5.41) is 7.73. The summed E-state index contributed by atoms with van der Waals surface area (Å²) in [5.41, 5.74) is 4.32. The van der Waals surface area contributed by atoms with Gasteiger partial charge in [0.1, 0.15) is 6.61 Å². The Bertz CT molecular complexity index is 1160. The lowest BCUT2D eigenvalue weighted by molar-refractivity contribution is 0.292. The number of ether oxygens (including phenoxy) is 1. The van der Waals surface area contributed by atoms with Crippen molar-refractivity contribution in [2.75, 3.05) is 0 Å². The largest absolute Gasteiger partial charge is 0.473 e. The topological polar surface area (TPSA) is 74.8 Å². The SMILES string of the molecule is Cc1cccc(-n2nnn(C)c2=O)c1COc1cc(-c2ccccc2)ccn1. The first-order chi connectivity index (χ1) is 13.6. The zero-order chi connectivity index (χ0) is 19.5. The monoisotopic (exact) mass is 373 g/mol. The molecule has 0 unspecified atom stereocenters. The molecule has 4 aromatic rings. The van der Waals surface area contributed by atoms with Gasteiger partial charge >= 0.3 is 5.69 Å². The van der Waals surface area contributed by atoms with Crippen molar-refractivity contribution in [3.63, 3.8) is 0 Å². The molecule has 0 saturated heterocycles. The number of aryl methyl sites for hydroxylation is 2. The van der Waals surface area contributed by atoms with Crippen LogP contribution in [0.4, 0.5) is 0 Å². The van der Waals surface area contributed by atoms with Gasteiger partial charge < -0.3 is 4.74 Å². The number of rotatable bonds is 5. The third-order valence-electron chi connectivity index (χ3n) is 4.54. The van der Waals surface area contributed by atoms with Crippen LogP contribution in [0.5, 0.6) is 5.88 Å². The highest BCUT2D eigenvalue weighted by Crippen LogP contribution is 2.23. The zero-order valence-corrected chi connectivity index (χ0v) is 15.6. The van der Waals surface area contributed by atoms with Crippen molar-refractivity contribution >= 4 is 0 Å². The minimum atomic E-state index is -0.309. The molecule has 0 aliphatic heterocycles. The van der Waals surface area contributed by atoms with Gasteiger partial charge in [0, 0.05) is 24.9 Å². The van der Waals surface area contributed by atoms with Gasteiger partial charge in [0.15, 0.2) is 0 Å². The standard InChI is InChI=1S/C21H19N5O2/c1-15-7-6-10-19(26-21(27)25(2)23-24-26)18(15)14-28-20-13-17(11-12-22-20)16-8-4-3-5-9-16/h3-13H,14H2,1-2H3. The Morgan fingerprint density at radius 3 is 2.54 bits per heavy atom. The molecule has 0 aliphatic rings. The van der Waals surface area contributed by atoms with E-state index in [2.05, 4.69) is 15.4 Å². The molecule has 7 nitrogen and oxygen atoms in total. The van der Waals surface area contributed by atoms with Crippen LogP contribution in [0.15, 0.2) is 71.7 Å². The van der Waals surface area contributed by atoms with E-state index >= 15 is 0 Å². The average molecular weight is 373 g/mol. The molecule has 0 amide bonds. The quantitative estimate of drug-likeness (QED) is 0.538. The molecule has 0 atom stereocenters. The molecule has 0 radical (unpaired) electrons. The van der Waals surface area contributed by atoms with Crippen LogP contribution in [0.1, 0.15) is 11.1 Å². The number of tetrazole rings is 1. The number of hydrogen-bond donors (Lipinski definition) is 0. The summed E-state index contributed by atoms with van der Waals surface area (Å²) in [6, 6.07) is 19.6. The van der Waals surface area contributed by atoms with Gasteiger partial charge in [-0.1, -0.05) is 42.5 Å². The van der Waals surface area contributed by atoms with Gasteiger partial charge in [-0.05, 0) is 46.2 Å². The Balaban J connectivity index is 1.63. The third kappa shape index (κ3) is 3.42. The van der Waals surface area contributed by atoms with E-state index < -0.39 is 0 Å². The van der Waals surface area contributed by atoms with Crippen molar-refractivity contribution in [1.29, 1.82) is 0 Å². The first kappa shape index (κ1) is 17.7. The van der Waals surface area contributed by atoms with Crippen molar-refractivity contribution in [3.05, 3.63) is 88.5 Å². The first-order valence-corrected chi connectivity index (χ1v) is 8.85. The van der Waals surface area contributed by atoms with Crippen molar-refractivity contribution in [2.24, 2.45) is 7.05 Å². The van der Waals surface area contributed by atoms with Gasteiger partial charge in [-0.15, -0.1) is 0 Å². The third-order valence-corrected chi connectivity index (χ3v) is 4.54. The Morgan fingerprint density at radius 2 is 1.79 bits per heavy atom. The number of hydrogen-bond acceptors (Lipinski definition) is 5. The number of pyridine rings is 1. The van der Waals surface area contributed by atoms with Crippen LogP contribution in [0.25, 0.3) is 16.8 Å². The van der Waals surface area contributed by atoms with Crippen molar-refractivity contribution < 1.29 is 4.74 Å². The van der Waals surface area contributed by atoms with Crippen LogP contribution >= 0.6 is 0 Å². The van der Waals surface area contributed by atoms with Gasteiger partial charge in [0.25, 0.3) is 0 Å². The molecule has 0 saturated carbocycles. The molecule has 0 aliphatic carbocycles. The van der Waals surface area contributed by atoms with Crippen LogP contribution in [-0.4, -0.2) is 24.8 Å². The van der Waals surface area contributed by atoms with Gasteiger partial charge in [-0.25, -0.2) is 9.78 Å². The second kappa shape index (κ2) is 7.48. The Labute approximate surface area is 161 Å². The van der Waals surface area contributed by atoms with E-state index in [9.17, 15) is 4.79 Å². The molecule has 0 fully saturated rings. The van der Waals surface area contributed by atoms with Gasteiger partial charge in [0.2, 0.25) is 5.88 Å². The van der Waals surface area contributed by atoms with Crippen molar-refractivity contribution in [1.82, 2.24) is 24.8 Å². The predicted octanol–water partition coefficient (Wildman–Crippen LogP) is 2.92. The summed E-state index contributed by atoms with van der Waals surface area (Å²) in [4.78, 5) is 16.6. The first-order valence-electron chi connectivity index (χ1n) is 8.85. The molecule has 0 bridgehead atoms. The average Bonchev–Trinajstić information content (AvgIpc) is 3.06. The van der Waals surface area contributed by atoms with E-state index in [0.717, 1.165) is 22.3 Å². The van der Waals surface area contributed by atoms with E-state index in [1.54, 1.807) is 13.2 Å². The molecule has 2 heterocycles. The molecule has 2 aromatic carbocycles. The molecular formula is C21H19N5O2. The minimum absolute atomic E-state index is 0.260. The molecular weight excluding hydrogens is 354 g/mol. The van der Waals surface area contributed by atoms with Gasteiger partial charge in [0.05, 0.1) is 5.69 Å². The van der Waals surface area contributed by atoms with Gasteiger partial charge in [-0.3, -0.25) is 0 Å². The maximum Gasteiger partial charge on any atom is 0.368 e. The van der Waals surface area contributed by atoms with Crippen LogP contribution in [0.3, 0.4) is 0 Å². The van der Waals surface area contributed by atoms with E-state index in [-0.39, 0.29) is 12.3 Å². The summed E-state index contributed by atoms with van der Waals surface area (Å²) < 4.78 is 8.43. The minimum Gasteiger partial charge on any atom is -0.473 e. The highest BCUT2D eigenvalue weighted by molar-refractivity contribution is 5.63. The lowest BCUT2D eigenvalue weighted by Crippen LogP contribution is -2.23. The summed E-state index contributed by atoms with van der Waals surface area (Å²) >= 11 is 0. The number of aromatic nitrogens is 5. The van der Waals surface area contributed by atoms with Crippen LogP contribution in [-0.2, 0) is 13.7 Å². The second-order valence-electron chi connectivity index (χ2n) is 6.41. The van der Waals surface area contributed by atoms with E-state index in [4.69, 9.17) is 4.74 Å². The molecule has 4 rings (SSSR count).